The van der Waals surface area contributed by atoms with E-state index in [2.05, 4.69) is 9.93 Å². The van der Waals surface area contributed by atoms with Crippen LogP contribution in [-0.2, 0) is 4.94 Å². The molecule has 0 aliphatic heterocycles. The van der Waals surface area contributed by atoms with Crippen LogP contribution in [0.25, 0.3) is 0 Å². The number of aromatic nitrogens is 1. The molecule has 1 heterocycles. The molecule has 70 valence electrons. The molecule has 0 atom stereocenters. The minimum atomic E-state index is -1.05. The Kier molecular flexibility index (Phi) is 3.19. The van der Waals surface area contributed by atoms with Crippen LogP contribution in [0.15, 0.2) is 24.4 Å². The highest BCUT2D eigenvalue weighted by Crippen LogP contribution is 2.09. The second kappa shape index (κ2) is 4.39. The predicted octanol–water partition coefficient (Wildman–Crippen LogP) is 1.93. The minimum Gasteiger partial charge on any atom is -0.259 e. The molecule has 1 rings (SSSR count). The van der Waals surface area contributed by atoms with E-state index in [0.717, 1.165) is 4.90 Å². The molecule has 0 spiro atoms. The zero-order valence-corrected chi connectivity index (χ0v) is 7.11. The first-order valence-electron chi connectivity index (χ1n) is 3.80. The molecule has 1 aromatic heterocycles. The molecular formula is C8H9FN2O2. The zero-order valence-electron chi connectivity index (χ0n) is 7.11. The SMILES string of the molecule is CCN(C(=O)OF)c1ccccn1. The Morgan fingerprint density at radius 1 is 1.69 bits per heavy atom. The van der Waals surface area contributed by atoms with E-state index < -0.39 is 6.09 Å². The molecule has 0 bridgehead atoms. The summed E-state index contributed by atoms with van der Waals surface area (Å²) in [5, 5.41) is 0. The molecule has 5 heteroatoms. The normalized spacial score (nSPS) is 9.38. The summed E-state index contributed by atoms with van der Waals surface area (Å²) in [6.45, 7) is 2.01. The number of hydrogen-bond donors (Lipinski definition) is 0. The molecular weight excluding hydrogens is 175 g/mol. The van der Waals surface area contributed by atoms with Crippen molar-refractivity contribution >= 4 is 11.9 Å². The molecule has 0 aliphatic carbocycles. The third-order valence-corrected chi connectivity index (χ3v) is 1.53. The number of carbonyl (C=O) groups is 1. The van der Waals surface area contributed by atoms with Gasteiger partial charge >= 0.3 is 6.09 Å². The van der Waals surface area contributed by atoms with Crippen LogP contribution in [0.2, 0.25) is 0 Å². The first kappa shape index (κ1) is 9.44. The van der Waals surface area contributed by atoms with Gasteiger partial charge in [-0.05, 0) is 19.1 Å². The van der Waals surface area contributed by atoms with E-state index in [4.69, 9.17) is 0 Å². The van der Waals surface area contributed by atoms with Gasteiger partial charge in [-0.25, -0.2) is 14.7 Å². The fraction of sp³-hybridized carbons (Fsp3) is 0.250. The van der Waals surface area contributed by atoms with Crippen LogP contribution in [0.5, 0.6) is 0 Å². The van der Waals surface area contributed by atoms with Gasteiger partial charge in [-0.3, -0.25) is 4.90 Å². The third-order valence-electron chi connectivity index (χ3n) is 1.53. The fourth-order valence-electron chi connectivity index (χ4n) is 0.940. The summed E-state index contributed by atoms with van der Waals surface area (Å²) in [7, 11) is 0. The minimum absolute atomic E-state index is 0.305. The van der Waals surface area contributed by atoms with E-state index >= 15 is 0 Å². The molecule has 4 nitrogen and oxygen atoms in total. The summed E-state index contributed by atoms with van der Waals surface area (Å²) in [5.74, 6) is 0.368. The van der Waals surface area contributed by atoms with Gasteiger partial charge in [0.15, 0.2) is 0 Å². The lowest BCUT2D eigenvalue weighted by molar-refractivity contribution is -0.0582. The van der Waals surface area contributed by atoms with Gasteiger partial charge in [-0.1, -0.05) is 6.07 Å². The molecule has 0 aliphatic rings. The number of anilines is 1. The molecule has 0 aromatic carbocycles. The largest absolute Gasteiger partial charge is 0.452 e. The van der Waals surface area contributed by atoms with Crippen LogP contribution >= 0.6 is 0 Å². The number of rotatable bonds is 2. The van der Waals surface area contributed by atoms with Gasteiger partial charge in [0, 0.05) is 17.3 Å². The second-order valence-electron chi connectivity index (χ2n) is 2.28. The topological polar surface area (TPSA) is 42.4 Å². The molecule has 0 N–H and O–H groups in total. The lowest BCUT2D eigenvalue weighted by atomic mass is 10.4. The fourth-order valence-corrected chi connectivity index (χ4v) is 0.940. The zero-order chi connectivity index (χ0) is 9.68. The Morgan fingerprint density at radius 3 is 2.92 bits per heavy atom. The average Bonchev–Trinajstić information content (AvgIpc) is 2.20. The van der Waals surface area contributed by atoms with Crippen molar-refractivity contribution in [3.8, 4) is 0 Å². The first-order chi connectivity index (χ1) is 6.29. The van der Waals surface area contributed by atoms with E-state index in [9.17, 15) is 9.32 Å². The lowest BCUT2D eigenvalue weighted by Gasteiger charge is -2.15. The summed E-state index contributed by atoms with van der Waals surface area (Å²) in [6.07, 6.45) is 0.463. The van der Waals surface area contributed by atoms with Gasteiger partial charge in [0.05, 0.1) is 0 Å². The van der Waals surface area contributed by atoms with Crippen molar-refractivity contribution in [3.63, 3.8) is 0 Å². The third kappa shape index (κ3) is 2.14. The van der Waals surface area contributed by atoms with Crippen LogP contribution < -0.4 is 4.90 Å². The molecule has 1 aromatic rings. The molecule has 13 heavy (non-hydrogen) atoms. The monoisotopic (exact) mass is 184 g/mol. The molecule has 0 unspecified atom stereocenters. The highest BCUT2D eigenvalue weighted by Gasteiger charge is 2.16. The van der Waals surface area contributed by atoms with Crippen LogP contribution in [-0.4, -0.2) is 17.6 Å². The first-order valence-corrected chi connectivity index (χ1v) is 3.80. The lowest BCUT2D eigenvalue weighted by Crippen LogP contribution is -2.30. The van der Waals surface area contributed by atoms with Gasteiger partial charge in [-0.2, -0.15) is 0 Å². The maximum atomic E-state index is 11.6. The van der Waals surface area contributed by atoms with E-state index in [-0.39, 0.29) is 0 Å². The van der Waals surface area contributed by atoms with E-state index in [1.807, 2.05) is 0 Å². The second-order valence-corrected chi connectivity index (χ2v) is 2.28. The smallest absolute Gasteiger partial charge is 0.259 e. The number of amides is 1. The Morgan fingerprint density at radius 2 is 2.46 bits per heavy atom. The molecule has 0 radical (unpaired) electrons. The van der Waals surface area contributed by atoms with E-state index in [0.29, 0.717) is 12.4 Å². The number of carbonyl (C=O) groups excluding carboxylic acids is 1. The average molecular weight is 184 g/mol. The van der Waals surface area contributed by atoms with Crippen LogP contribution in [0, 0.1) is 0 Å². The maximum absolute atomic E-state index is 11.6. The number of pyridine rings is 1. The van der Waals surface area contributed by atoms with Crippen molar-refractivity contribution in [2.75, 3.05) is 11.4 Å². The predicted molar refractivity (Wildman–Crippen MR) is 44.8 cm³/mol. The van der Waals surface area contributed by atoms with Gasteiger partial charge < -0.3 is 0 Å². The quantitative estimate of drug-likeness (QED) is 0.705. The Bertz CT molecular complexity index is 279. The Hall–Kier alpha value is -1.65. The summed E-state index contributed by atoms with van der Waals surface area (Å²) < 4.78 is 11.6. The summed E-state index contributed by atoms with van der Waals surface area (Å²) in [4.78, 5) is 18.9. The highest BCUT2D eigenvalue weighted by atomic mass is 19.3. The Labute approximate surface area is 74.8 Å². The summed E-state index contributed by atoms with van der Waals surface area (Å²) in [6, 6.07) is 5.01. The number of hydrogen-bond acceptors (Lipinski definition) is 3. The van der Waals surface area contributed by atoms with Crippen molar-refractivity contribution in [1.82, 2.24) is 4.98 Å². The van der Waals surface area contributed by atoms with Crippen LogP contribution in [0.1, 0.15) is 6.92 Å². The number of nitrogens with zero attached hydrogens (tertiary/aromatic N) is 2. The maximum Gasteiger partial charge on any atom is 0.452 e. The molecule has 1 amide bonds. The number of halogens is 1. The van der Waals surface area contributed by atoms with Gasteiger partial charge in [0.2, 0.25) is 0 Å². The van der Waals surface area contributed by atoms with Crippen molar-refractivity contribution in [1.29, 1.82) is 0 Å². The van der Waals surface area contributed by atoms with Crippen molar-refractivity contribution in [2.45, 2.75) is 6.92 Å². The van der Waals surface area contributed by atoms with Gasteiger partial charge in [0.1, 0.15) is 5.82 Å². The van der Waals surface area contributed by atoms with Crippen LogP contribution in [0.4, 0.5) is 15.1 Å². The molecule has 0 saturated heterocycles. The van der Waals surface area contributed by atoms with Crippen LogP contribution in [0.3, 0.4) is 0 Å². The van der Waals surface area contributed by atoms with Crippen molar-refractivity contribution in [2.24, 2.45) is 0 Å². The Balaban J connectivity index is 2.85. The standard InChI is InChI=1S/C8H9FN2O2/c1-2-11(8(12)13-9)7-5-3-4-6-10-7/h3-6H,2H2,1H3. The van der Waals surface area contributed by atoms with E-state index in [1.54, 1.807) is 25.1 Å². The highest BCUT2D eigenvalue weighted by molar-refractivity contribution is 5.85. The van der Waals surface area contributed by atoms with Gasteiger partial charge in [-0.15, -0.1) is 0 Å². The molecule has 0 saturated carbocycles. The summed E-state index contributed by atoms with van der Waals surface area (Å²) >= 11 is 0. The van der Waals surface area contributed by atoms with E-state index in [1.165, 1.54) is 6.20 Å². The van der Waals surface area contributed by atoms with Crippen molar-refractivity contribution in [3.05, 3.63) is 24.4 Å². The van der Waals surface area contributed by atoms with Gasteiger partial charge in [0.25, 0.3) is 0 Å². The summed E-state index contributed by atoms with van der Waals surface area (Å²) in [5.41, 5.74) is 0. The van der Waals surface area contributed by atoms with Crippen molar-refractivity contribution < 1.29 is 14.3 Å². The molecule has 0 fully saturated rings.